The molecule has 0 saturated carbocycles. The number of carbonyl (C=O) groups excluding carboxylic acids is 1. The Kier molecular flexibility index (Phi) is 5.08. The summed E-state index contributed by atoms with van der Waals surface area (Å²) in [6.45, 7) is 2.57. The maximum absolute atomic E-state index is 11.6. The molecule has 3 heterocycles. The minimum atomic E-state index is -0.321. The van der Waals surface area contributed by atoms with E-state index in [0.29, 0.717) is 11.7 Å². The molecule has 2 aromatic heterocycles. The van der Waals surface area contributed by atoms with Gasteiger partial charge in [-0.25, -0.2) is 4.79 Å². The molecule has 0 radical (unpaired) electrons. The lowest BCUT2D eigenvalue weighted by Crippen LogP contribution is -2.19. The Hall–Kier alpha value is -2.84. The van der Waals surface area contributed by atoms with Crippen LogP contribution in [0.5, 0.6) is 11.5 Å². The van der Waals surface area contributed by atoms with Gasteiger partial charge < -0.3 is 19.5 Å². The van der Waals surface area contributed by atoms with Crippen LogP contribution in [0.15, 0.2) is 42.6 Å². The number of nitrogens with zero attached hydrogens (tertiary/aromatic N) is 2. The van der Waals surface area contributed by atoms with Gasteiger partial charge in [0.1, 0.15) is 10.6 Å². The summed E-state index contributed by atoms with van der Waals surface area (Å²) in [5, 5.41) is 7.97. The van der Waals surface area contributed by atoms with Crippen LogP contribution in [0, 0.1) is 0 Å². The summed E-state index contributed by atoms with van der Waals surface area (Å²) in [4.78, 5) is 13.1. The van der Waals surface area contributed by atoms with E-state index < -0.39 is 0 Å². The quantitative estimate of drug-likeness (QED) is 0.498. The van der Waals surface area contributed by atoms with Crippen molar-refractivity contribution in [2.75, 3.05) is 20.4 Å². The van der Waals surface area contributed by atoms with Crippen molar-refractivity contribution in [1.82, 2.24) is 15.1 Å². The molecule has 1 N–H and O–H groups in total. The molecule has 0 amide bonds. The smallest absolute Gasteiger partial charge is 0.348 e. The molecule has 8 heteroatoms. The minimum Gasteiger partial charge on any atom is -0.465 e. The Morgan fingerprint density at radius 2 is 2.15 bits per heavy atom. The zero-order chi connectivity index (χ0) is 18.6. The Balaban J connectivity index is 1.28. The zero-order valence-corrected chi connectivity index (χ0v) is 15.6. The van der Waals surface area contributed by atoms with Crippen LogP contribution in [0.25, 0.3) is 10.6 Å². The summed E-state index contributed by atoms with van der Waals surface area (Å²) in [6, 6.07) is 11.6. The second kappa shape index (κ2) is 7.81. The van der Waals surface area contributed by atoms with Gasteiger partial charge in [-0.3, -0.25) is 4.68 Å². The number of hydrogen-bond donors (Lipinski definition) is 1. The van der Waals surface area contributed by atoms with Crippen molar-refractivity contribution in [1.29, 1.82) is 0 Å². The van der Waals surface area contributed by atoms with Gasteiger partial charge in [-0.15, -0.1) is 11.3 Å². The van der Waals surface area contributed by atoms with E-state index in [-0.39, 0.29) is 5.97 Å². The van der Waals surface area contributed by atoms with Crippen molar-refractivity contribution < 1.29 is 19.0 Å². The van der Waals surface area contributed by atoms with Crippen LogP contribution in [0.2, 0.25) is 0 Å². The second-order valence-electron chi connectivity index (χ2n) is 5.98. The second-order valence-corrected chi connectivity index (χ2v) is 7.07. The third kappa shape index (κ3) is 3.96. The van der Waals surface area contributed by atoms with Gasteiger partial charge in [0.2, 0.25) is 6.79 Å². The molecular formula is C19H19N3O4S. The number of rotatable bonds is 7. The summed E-state index contributed by atoms with van der Waals surface area (Å²) >= 11 is 1.38. The van der Waals surface area contributed by atoms with Gasteiger partial charge in [-0.2, -0.15) is 5.10 Å². The zero-order valence-electron chi connectivity index (χ0n) is 14.8. The van der Waals surface area contributed by atoms with Crippen molar-refractivity contribution in [2.45, 2.75) is 13.1 Å². The fraction of sp³-hybridized carbons (Fsp3) is 0.263. The standard InChI is InChI=1S/C19H19N3O4S/c1-24-19(23)18-5-4-17(27-18)14-6-8-22(21-14)9-7-20-11-13-2-3-15-16(10-13)26-12-25-15/h2-6,8,10,20H,7,9,11-12H2,1H3. The molecule has 27 heavy (non-hydrogen) atoms. The fourth-order valence-electron chi connectivity index (χ4n) is 2.78. The van der Waals surface area contributed by atoms with Crippen LogP contribution >= 0.6 is 11.3 Å². The number of benzene rings is 1. The monoisotopic (exact) mass is 385 g/mol. The summed E-state index contributed by atoms with van der Waals surface area (Å²) in [5.74, 6) is 1.28. The lowest BCUT2D eigenvalue weighted by molar-refractivity contribution is 0.0606. The number of thiophene rings is 1. The minimum absolute atomic E-state index is 0.291. The van der Waals surface area contributed by atoms with E-state index in [1.54, 1.807) is 6.07 Å². The van der Waals surface area contributed by atoms with E-state index in [9.17, 15) is 4.79 Å². The van der Waals surface area contributed by atoms with Gasteiger partial charge in [-0.05, 0) is 35.9 Å². The van der Waals surface area contributed by atoms with Gasteiger partial charge in [0.25, 0.3) is 0 Å². The number of methoxy groups -OCH3 is 1. The average Bonchev–Trinajstić information content (AvgIpc) is 3.44. The van der Waals surface area contributed by atoms with Crippen molar-refractivity contribution >= 4 is 17.3 Å². The predicted octanol–water partition coefficient (Wildman–Crippen LogP) is 2.92. The van der Waals surface area contributed by atoms with Crippen molar-refractivity contribution in [2.24, 2.45) is 0 Å². The topological polar surface area (TPSA) is 74.6 Å². The third-order valence-corrected chi connectivity index (χ3v) is 5.26. The molecule has 0 spiro atoms. The Labute approximate surface area is 160 Å². The SMILES string of the molecule is COC(=O)c1ccc(-c2ccn(CCNCc3ccc4c(c3)OCO4)n2)s1. The predicted molar refractivity (Wildman–Crippen MR) is 101 cm³/mol. The Morgan fingerprint density at radius 1 is 1.26 bits per heavy atom. The molecule has 0 bridgehead atoms. The summed E-state index contributed by atoms with van der Waals surface area (Å²) in [5.41, 5.74) is 2.00. The molecule has 1 aliphatic rings. The van der Waals surface area contributed by atoms with Crippen molar-refractivity contribution in [3.8, 4) is 22.1 Å². The molecule has 0 fully saturated rings. The maximum atomic E-state index is 11.6. The number of nitrogens with one attached hydrogen (secondary N) is 1. The van der Waals surface area contributed by atoms with E-state index in [4.69, 9.17) is 14.2 Å². The molecule has 0 saturated heterocycles. The van der Waals surface area contributed by atoms with E-state index >= 15 is 0 Å². The third-order valence-electron chi connectivity index (χ3n) is 4.17. The Morgan fingerprint density at radius 3 is 3.04 bits per heavy atom. The number of ether oxygens (including phenoxy) is 3. The van der Waals surface area contributed by atoms with E-state index in [1.807, 2.05) is 41.2 Å². The number of carbonyl (C=O) groups is 1. The van der Waals surface area contributed by atoms with E-state index in [2.05, 4.69) is 10.4 Å². The molecule has 140 valence electrons. The Bertz CT molecular complexity index is 950. The lowest BCUT2D eigenvalue weighted by Gasteiger charge is -2.06. The van der Waals surface area contributed by atoms with E-state index in [0.717, 1.165) is 47.3 Å². The molecule has 0 unspecified atom stereocenters. The number of hydrogen-bond acceptors (Lipinski definition) is 7. The van der Waals surface area contributed by atoms with Crippen molar-refractivity contribution in [3.05, 3.63) is 53.0 Å². The highest BCUT2D eigenvalue weighted by atomic mass is 32.1. The van der Waals surface area contributed by atoms with Gasteiger partial charge in [0.05, 0.1) is 18.5 Å². The number of esters is 1. The highest BCUT2D eigenvalue weighted by Crippen LogP contribution is 2.32. The molecule has 3 aromatic rings. The van der Waals surface area contributed by atoms with E-state index in [1.165, 1.54) is 18.4 Å². The van der Waals surface area contributed by atoms with Crippen molar-refractivity contribution in [3.63, 3.8) is 0 Å². The molecule has 7 nitrogen and oxygen atoms in total. The summed E-state index contributed by atoms with van der Waals surface area (Å²) in [6.07, 6.45) is 1.94. The fourth-order valence-corrected chi connectivity index (χ4v) is 3.67. The maximum Gasteiger partial charge on any atom is 0.348 e. The van der Waals surface area contributed by atoms with Crippen LogP contribution in [-0.4, -0.2) is 36.2 Å². The number of aromatic nitrogens is 2. The molecule has 0 atom stereocenters. The first-order valence-corrected chi connectivity index (χ1v) is 9.36. The molecular weight excluding hydrogens is 366 g/mol. The molecule has 4 rings (SSSR count). The first-order valence-electron chi connectivity index (χ1n) is 8.54. The lowest BCUT2D eigenvalue weighted by atomic mass is 10.2. The van der Waals surface area contributed by atoms with Gasteiger partial charge in [0.15, 0.2) is 11.5 Å². The first kappa shape index (κ1) is 17.6. The van der Waals surface area contributed by atoms with Crippen LogP contribution in [0.4, 0.5) is 0 Å². The highest BCUT2D eigenvalue weighted by Gasteiger charge is 2.13. The van der Waals surface area contributed by atoms with Crippen LogP contribution in [-0.2, 0) is 17.8 Å². The summed E-state index contributed by atoms with van der Waals surface area (Å²) < 4.78 is 17.3. The van der Waals surface area contributed by atoms with Gasteiger partial charge in [0, 0.05) is 19.3 Å². The van der Waals surface area contributed by atoms with Crippen LogP contribution in [0.1, 0.15) is 15.2 Å². The molecule has 1 aliphatic heterocycles. The normalized spacial score (nSPS) is 12.3. The molecule has 0 aliphatic carbocycles. The number of fused-ring (bicyclic) bond motifs is 1. The largest absolute Gasteiger partial charge is 0.465 e. The average molecular weight is 385 g/mol. The van der Waals surface area contributed by atoms with Gasteiger partial charge >= 0.3 is 5.97 Å². The van der Waals surface area contributed by atoms with Gasteiger partial charge in [-0.1, -0.05) is 6.07 Å². The summed E-state index contributed by atoms with van der Waals surface area (Å²) in [7, 11) is 1.38. The van der Waals surface area contributed by atoms with Crippen LogP contribution in [0.3, 0.4) is 0 Å². The van der Waals surface area contributed by atoms with Crippen LogP contribution < -0.4 is 14.8 Å². The first-order chi connectivity index (χ1) is 13.2. The molecule has 1 aromatic carbocycles. The highest BCUT2D eigenvalue weighted by molar-refractivity contribution is 7.17.